The van der Waals surface area contributed by atoms with E-state index in [1.807, 2.05) is 0 Å². The van der Waals surface area contributed by atoms with Crippen LogP contribution in [0.25, 0.3) is 0 Å². The molecule has 0 spiro atoms. The van der Waals surface area contributed by atoms with Crippen molar-refractivity contribution in [1.29, 1.82) is 0 Å². The number of rotatable bonds is 3. The van der Waals surface area contributed by atoms with Crippen molar-refractivity contribution in [3.8, 4) is 5.75 Å². The molecule has 1 aliphatic heterocycles. The number of halogens is 1. The van der Waals surface area contributed by atoms with Gasteiger partial charge >= 0.3 is 0 Å². The molecule has 2 rings (SSSR count). The van der Waals surface area contributed by atoms with Crippen LogP contribution in [0.4, 0.5) is 0 Å². The molecule has 0 aliphatic carbocycles. The Balaban J connectivity index is 2.04. The molecule has 0 radical (unpaired) electrons. The molecule has 1 nitrogen and oxygen atoms in total. The summed E-state index contributed by atoms with van der Waals surface area (Å²) in [5.41, 5.74) is 2.91. The molecule has 1 aliphatic rings. The van der Waals surface area contributed by atoms with Crippen molar-refractivity contribution < 1.29 is 4.74 Å². The minimum Gasteiger partial charge on any atom is -0.493 e. The van der Waals surface area contributed by atoms with Gasteiger partial charge in [0.05, 0.1) is 12.0 Å². The van der Waals surface area contributed by atoms with Gasteiger partial charge in [-0.05, 0) is 48.3 Å². The first-order valence-corrected chi connectivity index (χ1v) is 7.29. The number of alkyl halides is 1. The lowest BCUT2D eigenvalue weighted by Crippen LogP contribution is -2.09. The van der Waals surface area contributed by atoms with E-state index in [2.05, 4.69) is 39.0 Å². The highest BCUT2D eigenvalue weighted by Crippen LogP contribution is 2.34. The zero-order valence-corrected chi connectivity index (χ0v) is 12.4. The van der Waals surface area contributed by atoms with Crippen molar-refractivity contribution in [2.24, 2.45) is 5.41 Å². The summed E-state index contributed by atoms with van der Waals surface area (Å²) < 4.78 is 5.63. The number of ether oxygens (including phenoxy) is 1. The van der Waals surface area contributed by atoms with Crippen molar-refractivity contribution in [1.82, 2.24) is 0 Å². The maximum atomic E-state index is 6.51. The minimum atomic E-state index is 0.122. The third-order valence-corrected chi connectivity index (χ3v) is 3.91. The molecule has 1 aromatic rings. The molecule has 1 heterocycles. The zero-order chi connectivity index (χ0) is 13.2. The smallest absolute Gasteiger partial charge is 0.122 e. The molecular formula is C16H23ClO. The van der Waals surface area contributed by atoms with Crippen molar-refractivity contribution in [3.63, 3.8) is 0 Å². The molecule has 0 fully saturated rings. The molecular weight excluding hydrogens is 244 g/mol. The van der Waals surface area contributed by atoms with Gasteiger partial charge in [0, 0.05) is 0 Å². The summed E-state index contributed by atoms with van der Waals surface area (Å²) >= 11 is 6.51. The molecule has 1 unspecified atom stereocenters. The molecule has 1 aromatic carbocycles. The van der Waals surface area contributed by atoms with E-state index in [1.54, 1.807) is 0 Å². The summed E-state index contributed by atoms with van der Waals surface area (Å²) in [5.74, 6) is 1.05. The molecule has 0 saturated carbocycles. The van der Waals surface area contributed by atoms with Gasteiger partial charge in [-0.15, -0.1) is 11.6 Å². The van der Waals surface area contributed by atoms with Gasteiger partial charge in [-0.2, -0.15) is 0 Å². The topological polar surface area (TPSA) is 9.23 Å². The Morgan fingerprint density at radius 2 is 2.11 bits per heavy atom. The molecule has 0 amide bonds. The van der Waals surface area contributed by atoms with E-state index in [0.717, 1.165) is 38.0 Å². The molecule has 0 bridgehead atoms. The molecule has 100 valence electrons. The molecule has 18 heavy (non-hydrogen) atoms. The fourth-order valence-corrected chi connectivity index (χ4v) is 2.55. The van der Waals surface area contributed by atoms with Crippen LogP contribution in [0.3, 0.4) is 0 Å². The van der Waals surface area contributed by atoms with Crippen molar-refractivity contribution in [3.05, 3.63) is 29.3 Å². The van der Waals surface area contributed by atoms with Crippen LogP contribution in [0.2, 0.25) is 0 Å². The first-order chi connectivity index (χ1) is 8.46. The average Bonchev–Trinajstić information content (AvgIpc) is 2.34. The van der Waals surface area contributed by atoms with Crippen LogP contribution >= 0.6 is 11.6 Å². The summed E-state index contributed by atoms with van der Waals surface area (Å²) in [7, 11) is 0. The second-order valence-corrected chi connectivity index (χ2v) is 6.91. The SMILES string of the molecule is CC(C)(C)CCC(Cl)c1ccc2c(c1)CCCO2. The fourth-order valence-electron chi connectivity index (χ4n) is 2.30. The van der Waals surface area contributed by atoms with E-state index in [9.17, 15) is 0 Å². The monoisotopic (exact) mass is 266 g/mol. The highest BCUT2D eigenvalue weighted by atomic mass is 35.5. The van der Waals surface area contributed by atoms with E-state index in [1.165, 1.54) is 11.1 Å². The number of benzene rings is 1. The fraction of sp³-hybridized carbons (Fsp3) is 0.625. The van der Waals surface area contributed by atoms with Gasteiger partial charge in [0.25, 0.3) is 0 Å². The number of aryl methyl sites for hydroxylation is 1. The van der Waals surface area contributed by atoms with Crippen LogP contribution in [0.1, 0.15) is 56.5 Å². The second kappa shape index (κ2) is 5.52. The van der Waals surface area contributed by atoms with Crippen LogP contribution < -0.4 is 4.74 Å². The van der Waals surface area contributed by atoms with E-state index in [0.29, 0.717) is 5.41 Å². The van der Waals surface area contributed by atoms with E-state index >= 15 is 0 Å². The van der Waals surface area contributed by atoms with Crippen LogP contribution in [0.15, 0.2) is 18.2 Å². The van der Waals surface area contributed by atoms with Crippen molar-refractivity contribution >= 4 is 11.6 Å². The molecule has 2 heteroatoms. The second-order valence-electron chi connectivity index (χ2n) is 6.39. The third kappa shape index (κ3) is 3.65. The number of fused-ring (bicyclic) bond motifs is 1. The lowest BCUT2D eigenvalue weighted by Gasteiger charge is -2.22. The van der Waals surface area contributed by atoms with Gasteiger partial charge < -0.3 is 4.74 Å². The van der Waals surface area contributed by atoms with Gasteiger partial charge in [-0.3, -0.25) is 0 Å². The lowest BCUT2D eigenvalue weighted by molar-refractivity contribution is 0.288. The van der Waals surface area contributed by atoms with Gasteiger partial charge in [0.15, 0.2) is 0 Å². The summed E-state index contributed by atoms with van der Waals surface area (Å²) in [4.78, 5) is 0. The Bertz CT molecular complexity index is 406. The number of hydrogen-bond donors (Lipinski definition) is 0. The van der Waals surface area contributed by atoms with Gasteiger partial charge in [-0.25, -0.2) is 0 Å². The largest absolute Gasteiger partial charge is 0.493 e. The Hall–Kier alpha value is -0.690. The lowest BCUT2D eigenvalue weighted by atomic mass is 9.88. The van der Waals surface area contributed by atoms with Gasteiger partial charge in [-0.1, -0.05) is 32.9 Å². The standard InChI is InChI=1S/C16H23ClO/c1-16(2,3)9-8-14(17)12-6-7-15-13(11-12)5-4-10-18-15/h6-7,11,14H,4-5,8-10H2,1-3H3. The zero-order valence-electron chi connectivity index (χ0n) is 11.6. The Labute approximate surface area is 115 Å². The minimum absolute atomic E-state index is 0.122. The van der Waals surface area contributed by atoms with Crippen molar-refractivity contribution in [2.45, 2.75) is 51.8 Å². The Morgan fingerprint density at radius 1 is 1.33 bits per heavy atom. The van der Waals surface area contributed by atoms with Gasteiger partial charge in [0.1, 0.15) is 5.75 Å². The summed E-state index contributed by atoms with van der Waals surface area (Å²) in [6, 6.07) is 6.43. The van der Waals surface area contributed by atoms with Crippen LogP contribution in [-0.2, 0) is 6.42 Å². The van der Waals surface area contributed by atoms with Crippen molar-refractivity contribution in [2.75, 3.05) is 6.61 Å². The van der Waals surface area contributed by atoms with Gasteiger partial charge in [0.2, 0.25) is 0 Å². The van der Waals surface area contributed by atoms with E-state index in [4.69, 9.17) is 16.3 Å². The maximum absolute atomic E-state index is 6.51. The average molecular weight is 267 g/mol. The molecule has 0 aromatic heterocycles. The Kier molecular flexibility index (Phi) is 4.21. The Morgan fingerprint density at radius 3 is 2.83 bits per heavy atom. The van der Waals surface area contributed by atoms with E-state index in [-0.39, 0.29) is 5.38 Å². The summed E-state index contributed by atoms with van der Waals surface area (Å²) in [6.07, 6.45) is 4.41. The first kappa shape index (κ1) is 13.7. The predicted octanol–water partition coefficient (Wildman–Crippen LogP) is 5.12. The molecule has 0 saturated heterocycles. The maximum Gasteiger partial charge on any atom is 0.122 e. The highest BCUT2D eigenvalue weighted by Gasteiger charge is 2.17. The normalized spacial score (nSPS) is 16.9. The predicted molar refractivity (Wildman–Crippen MR) is 77.5 cm³/mol. The number of hydrogen-bond acceptors (Lipinski definition) is 1. The summed E-state index contributed by atoms with van der Waals surface area (Å²) in [5, 5.41) is 0.122. The van der Waals surface area contributed by atoms with E-state index < -0.39 is 0 Å². The summed E-state index contributed by atoms with van der Waals surface area (Å²) in [6.45, 7) is 7.63. The van der Waals surface area contributed by atoms with Crippen LogP contribution in [-0.4, -0.2) is 6.61 Å². The first-order valence-electron chi connectivity index (χ1n) is 6.85. The molecule has 0 N–H and O–H groups in total. The third-order valence-electron chi connectivity index (χ3n) is 3.44. The van der Waals surface area contributed by atoms with Crippen LogP contribution in [0, 0.1) is 5.41 Å². The quantitative estimate of drug-likeness (QED) is 0.690. The molecule has 1 atom stereocenters. The van der Waals surface area contributed by atoms with Crippen LogP contribution in [0.5, 0.6) is 5.75 Å². The highest BCUT2D eigenvalue weighted by molar-refractivity contribution is 6.20.